The number of unbranched alkanes of at least 4 members (excludes halogenated alkanes) is 2. The number of hydrogen-bond acceptors (Lipinski definition) is 3. The van der Waals surface area contributed by atoms with E-state index >= 15 is 0 Å². The normalized spacial score (nSPS) is 11.1. The number of carbonyl (C=O) groups is 2. The van der Waals surface area contributed by atoms with E-state index in [-0.39, 0.29) is 12.3 Å². The number of amides is 2. The average molecular weight is 318 g/mol. The van der Waals surface area contributed by atoms with Crippen molar-refractivity contribution in [3.8, 4) is 0 Å². The number of hydrogen-bond donors (Lipinski definition) is 3. The Kier molecular flexibility index (Phi) is 6.84. The van der Waals surface area contributed by atoms with Crippen LogP contribution >= 0.6 is 0 Å². The van der Waals surface area contributed by atoms with Gasteiger partial charge in [-0.05, 0) is 43.5 Å². The largest absolute Gasteiger partial charge is 0.416 e. The maximum Gasteiger partial charge on any atom is 0.416 e. The second kappa shape index (κ2) is 8.38. The van der Waals surface area contributed by atoms with Gasteiger partial charge >= 0.3 is 18.0 Å². The second-order valence-corrected chi connectivity index (χ2v) is 4.57. The minimum Gasteiger partial charge on any atom is -0.396 e. The van der Waals surface area contributed by atoms with Gasteiger partial charge in [0.2, 0.25) is 0 Å². The topological polar surface area (TPSA) is 78.4 Å². The van der Waals surface area contributed by atoms with Crippen LogP contribution in [-0.4, -0.2) is 30.1 Å². The summed E-state index contributed by atoms with van der Waals surface area (Å²) >= 11 is 0. The minimum atomic E-state index is -4.45. The van der Waals surface area contributed by atoms with Crippen molar-refractivity contribution in [3.05, 3.63) is 29.8 Å². The zero-order chi connectivity index (χ0) is 16.6. The predicted octanol–water partition coefficient (Wildman–Crippen LogP) is 1.92. The molecule has 0 heterocycles. The van der Waals surface area contributed by atoms with Gasteiger partial charge in [0.1, 0.15) is 0 Å². The number of carbonyl (C=O) groups excluding carboxylic acids is 2. The van der Waals surface area contributed by atoms with Gasteiger partial charge in [-0.2, -0.15) is 13.2 Å². The quantitative estimate of drug-likeness (QED) is 0.554. The molecule has 1 aromatic carbocycles. The highest BCUT2D eigenvalue weighted by molar-refractivity contribution is 6.39. The van der Waals surface area contributed by atoms with E-state index in [1.165, 1.54) is 0 Å². The SMILES string of the molecule is O=C(NCCCCCO)C(=O)Nc1ccc(C(F)(F)F)cc1. The average Bonchev–Trinajstić information content (AvgIpc) is 2.46. The zero-order valence-corrected chi connectivity index (χ0v) is 11.7. The smallest absolute Gasteiger partial charge is 0.396 e. The van der Waals surface area contributed by atoms with Crippen LogP contribution in [0.4, 0.5) is 18.9 Å². The molecule has 0 aliphatic carbocycles. The Hall–Kier alpha value is -2.09. The summed E-state index contributed by atoms with van der Waals surface area (Å²) in [6, 6.07) is 3.80. The molecule has 0 aliphatic heterocycles. The van der Waals surface area contributed by atoms with Gasteiger partial charge in [-0.1, -0.05) is 0 Å². The molecule has 0 saturated carbocycles. The lowest BCUT2D eigenvalue weighted by Crippen LogP contribution is -2.35. The lowest BCUT2D eigenvalue weighted by molar-refractivity contribution is -0.137. The van der Waals surface area contributed by atoms with E-state index in [2.05, 4.69) is 10.6 Å². The highest BCUT2D eigenvalue weighted by Gasteiger charge is 2.30. The molecule has 2 amide bonds. The molecule has 0 spiro atoms. The molecule has 1 rings (SSSR count). The molecule has 122 valence electrons. The first kappa shape index (κ1) is 18.0. The summed E-state index contributed by atoms with van der Waals surface area (Å²) in [5, 5.41) is 13.2. The first-order chi connectivity index (χ1) is 10.3. The van der Waals surface area contributed by atoms with Crippen LogP contribution in [0.2, 0.25) is 0 Å². The van der Waals surface area contributed by atoms with Crippen LogP contribution in [0.1, 0.15) is 24.8 Å². The molecule has 22 heavy (non-hydrogen) atoms. The molecular weight excluding hydrogens is 301 g/mol. The molecule has 1 aromatic rings. The number of aliphatic hydroxyl groups excluding tert-OH is 1. The van der Waals surface area contributed by atoms with Crippen LogP contribution in [0.3, 0.4) is 0 Å². The Morgan fingerprint density at radius 2 is 1.64 bits per heavy atom. The maximum atomic E-state index is 12.4. The molecule has 0 bridgehead atoms. The fraction of sp³-hybridized carbons (Fsp3) is 0.429. The Labute approximate surface area is 125 Å². The van der Waals surface area contributed by atoms with E-state index in [0.29, 0.717) is 19.4 Å². The predicted molar refractivity (Wildman–Crippen MR) is 74.0 cm³/mol. The Morgan fingerprint density at radius 3 is 2.18 bits per heavy atom. The van der Waals surface area contributed by atoms with Gasteiger partial charge in [-0.25, -0.2) is 0 Å². The first-order valence-corrected chi connectivity index (χ1v) is 6.72. The monoisotopic (exact) mass is 318 g/mol. The van der Waals surface area contributed by atoms with Gasteiger partial charge in [-0.3, -0.25) is 9.59 Å². The van der Waals surface area contributed by atoms with Crippen LogP contribution < -0.4 is 10.6 Å². The molecule has 0 radical (unpaired) electrons. The van der Waals surface area contributed by atoms with E-state index in [1.807, 2.05) is 0 Å². The fourth-order valence-corrected chi connectivity index (χ4v) is 1.63. The first-order valence-electron chi connectivity index (χ1n) is 6.72. The third kappa shape index (κ3) is 6.13. The summed E-state index contributed by atoms with van der Waals surface area (Å²) in [4.78, 5) is 23.0. The van der Waals surface area contributed by atoms with Crippen molar-refractivity contribution < 1.29 is 27.9 Å². The standard InChI is InChI=1S/C14H17F3N2O3/c15-14(16,17)10-4-6-11(7-5-10)19-13(22)12(21)18-8-2-1-3-9-20/h4-7,20H,1-3,8-9H2,(H,18,21)(H,19,22). The molecule has 0 aliphatic rings. The number of rotatable bonds is 6. The van der Waals surface area contributed by atoms with Crippen molar-refractivity contribution in [3.63, 3.8) is 0 Å². The zero-order valence-electron chi connectivity index (χ0n) is 11.7. The van der Waals surface area contributed by atoms with Crippen LogP contribution in [0.25, 0.3) is 0 Å². The van der Waals surface area contributed by atoms with Crippen molar-refractivity contribution in [2.45, 2.75) is 25.4 Å². The van der Waals surface area contributed by atoms with Crippen LogP contribution in [0.5, 0.6) is 0 Å². The van der Waals surface area contributed by atoms with Crippen molar-refractivity contribution in [1.29, 1.82) is 0 Å². The number of benzene rings is 1. The van der Waals surface area contributed by atoms with Gasteiger partial charge in [0, 0.05) is 18.8 Å². The summed E-state index contributed by atoms with van der Waals surface area (Å²) in [6.07, 6.45) is -2.49. The van der Waals surface area contributed by atoms with Gasteiger partial charge in [0.25, 0.3) is 0 Å². The van der Waals surface area contributed by atoms with Gasteiger partial charge in [0.05, 0.1) is 5.56 Å². The Morgan fingerprint density at radius 1 is 1.00 bits per heavy atom. The Bertz CT molecular complexity index is 501. The maximum absolute atomic E-state index is 12.4. The lowest BCUT2D eigenvalue weighted by atomic mass is 10.2. The van der Waals surface area contributed by atoms with Crippen LogP contribution in [0, 0.1) is 0 Å². The molecule has 0 aromatic heterocycles. The van der Waals surface area contributed by atoms with E-state index in [4.69, 9.17) is 5.11 Å². The van der Waals surface area contributed by atoms with E-state index in [9.17, 15) is 22.8 Å². The number of alkyl halides is 3. The van der Waals surface area contributed by atoms with Crippen molar-refractivity contribution in [2.75, 3.05) is 18.5 Å². The molecule has 8 heteroatoms. The number of anilines is 1. The van der Waals surface area contributed by atoms with Crippen molar-refractivity contribution in [2.24, 2.45) is 0 Å². The molecule has 5 nitrogen and oxygen atoms in total. The van der Waals surface area contributed by atoms with E-state index in [0.717, 1.165) is 30.7 Å². The van der Waals surface area contributed by atoms with Crippen molar-refractivity contribution in [1.82, 2.24) is 5.32 Å². The van der Waals surface area contributed by atoms with E-state index in [1.54, 1.807) is 0 Å². The third-order valence-corrected chi connectivity index (χ3v) is 2.80. The molecule has 0 fully saturated rings. The fourth-order valence-electron chi connectivity index (χ4n) is 1.63. The summed E-state index contributed by atoms with van der Waals surface area (Å²) in [5.74, 6) is -1.80. The summed E-state index contributed by atoms with van der Waals surface area (Å²) in [7, 11) is 0. The molecule has 0 unspecified atom stereocenters. The second-order valence-electron chi connectivity index (χ2n) is 4.57. The third-order valence-electron chi connectivity index (χ3n) is 2.80. The number of aliphatic hydroxyl groups is 1. The lowest BCUT2D eigenvalue weighted by Gasteiger charge is -2.09. The van der Waals surface area contributed by atoms with Gasteiger partial charge < -0.3 is 15.7 Å². The van der Waals surface area contributed by atoms with Crippen LogP contribution in [0.15, 0.2) is 24.3 Å². The minimum absolute atomic E-state index is 0.0718. The molecule has 3 N–H and O–H groups in total. The summed E-state index contributed by atoms with van der Waals surface area (Å²) in [5.41, 5.74) is -0.729. The highest BCUT2D eigenvalue weighted by atomic mass is 19.4. The molecular formula is C14H17F3N2O3. The van der Waals surface area contributed by atoms with Gasteiger partial charge in [0.15, 0.2) is 0 Å². The highest BCUT2D eigenvalue weighted by Crippen LogP contribution is 2.29. The van der Waals surface area contributed by atoms with Crippen molar-refractivity contribution >= 4 is 17.5 Å². The van der Waals surface area contributed by atoms with Gasteiger partial charge in [-0.15, -0.1) is 0 Å². The summed E-state index contributed by atoms with van der Waals surface area (Å²) in [6.45, 7) is 0.363. The molecule has 0 saturated heterocycles. The number of halogens is 3. The number of nitrogens with one attached hydrogen (secondary N) is 2. The molecule has 0 atom stereocenters. The summed E-state index contributed by atoms with van der Waals surface area (Å²) < 4.78 is 37.1. The van der Waals surface area contributed by atoms with E-state index < -0.39 is 23.6 Å². The van der Waals surface area contributed by atoms with Crippen LogP contribution in [-0.2, 0) is 15.8 Å². The Balaban J connectivity index is 2.42.